The van der Waals surface area contributed by atoms with E-state index in [-0.39, 0.29) is 5.56 Å². The maximum absolute atomic E-state index is 11.1. The van der Waals surface area contributed by atoms with Crippen LogP contribution in [0.5, 0.6) is 0 Å². The third-order valence-corrected chi connectivity index (χ3v) is 2.44. The van der Waals surface area contributed by atoms with Gasteiger partial charge in [0.05, 0.1) is 3.57 Å². The van der Waals surface area contributed by atoms with E-state index < -0.39 is 0 Å². The van der Waals surface area contributed by atoms with Crippen molar-refractivity contribution < 1.29 is 0 Å². The van der Waals surface area contributed by atoms with Gasteiger partial charge in [0.15, 0.2) is 0 Å². The molecule has 1 aliphatic rings. The lowest BCUT2D eigenvalue weighted by molar-refractivity contribution is 1.02. The van der Waals surface area contributed by atoms with Crippen LogP contribution in [0.3, 0.4) is 0 Å². The SMILES string of the molecule is O=c1[nH]c(NC2CC2)ncc1I. The van der Waals surface area contributed by atoms with Crippen molar-refractivity contribution >= 4 is 28.5 Å². The van der Waals surface area contributed by atoms with E-state index >= 15 is 0 Å². The molecule has 0 unspecified atom stereocenters. The maximum atomic E-state index is 11.1. The first-order valence-corrected chi connectivity index (χ1v) is 4.85. The normalized spacial score (nSPS) is 16.1. The summed E-state index contributed by atoms with van der Waals surface area (Å²) in [4.78, 5) is 17.8. The van der Waals surface area contributed by atoms with Gasteiger partial charge >= 0.3 is 0 Å². The Morgan fingerprint density at radius 3 is 3.00 bits per heavy atom. The van der Waals surface area contributed by atoms with Crippen LogP contribution in [-0.4, -0.2) is 16.0 Å². The monoisotopic (exact) mass is 277 g/mol. The lowest BCUT2D eigenvalue weighted by atomic mass is 10.6. The highest BCUT2D eigenvalue weighted by Gasteiger charge is 2.21. The summed E-state index contributed by atoms with van der Waals surface area (Å²) in [6, 6.07) is 0.521. The van der Waals surface area contributed by atoms with Crippen LogP contribution in [0, 0.1) is 3.57 Å². The molecule has 2 rings (SSSR count). The molecule has 0 amide bonds. The Morgan fingerprint density at radius 1 is 1.67 bits per heavy atom. The van der Waals surface area contributed by atoms with E-state index in [4.69, 9.17) is 0 Å². The molecule has 1 heterocycles. The van der Waals surface area contributed by atoms with E-state index in [2.05, 4.69) is 15.3 Å². The van der Waals surface area contributed by atoms with Crippen LogP contribution in [0.25, 0.3) is 0 Å². The zero-order valence-corrected chi connectivity index (χ0v) is 8.46. The predicted molar refractivity (Wildman–Crippen MR) is 54.2 cm³/mol. The van der Waals surface area contributed by atoms with Crippen molar-refractivity contribution in [2.45, 2.75) is 18.9 Å². The quantitative estimate of drug-likeness (QED) is 0.791. The van der Waals surface area contributed by atoms with E-state index in [9.17, 15) is 4.79 Å². The number of halogens is 1. The number of aromatic amines is 1. The molecule has 0 aromatic carbocycles. The van der Waals surface area contributed by atoms with Gasteiger partial charge in [-0.3, -0.25) is 9.78 Å². The highest BCUT2D eigenvalue weighted by atomic mass is 127. The van der Waals surface area contributed by atoms with Gasteiger partial charge in [-0.25, -0.2) is 4.98 Å². The molecule has 64 valence electrons. The fourth-order valence-electron chi connectivity index (χ4n) is 0.874. The topological polar surface area (TPSA) is 57.8 Å². The van der Waals surface area contributed by atoms with Crippen molar-refractivity contribution in [1.82, 2.24) is 9.97 Å². The lowest BCUT2D eigenvalue weighted by Gasteiger charge is -2.01. The smallest absolute Gasteiger partial charge is 0.265 e. The Bertz CT molecular complexity index is 345. The molecular formula is C7H8IN3O. The van der Waals surface area contributed by atoms with Crippen LogP contribution < -0.4 is 10.9 Å². The molecule has 0 aliphatic heterocycles. The number of anilines is 1. The van der Waals surface area contributed by atoms with E-state index in [1.54, 1.807) is 6.20 Å². The second-order valence-corrected chi connectivity index (χ2v) is 3.99. The van der Waals surface area contributed by atoms with Gasteiger partial charge in [-0.2, -0.15) is 0 Å². The van der Waals surface area contributed by atoms with Crippen LogP contribution in [0.2, 0.25) is 0 Å². The van der Waals surface area contributed by atoms with Crippen molar-refractivity contribution in [2.24, 2.45) is 0 Å². The first kappa shape index (κ1) is 8.03. The van der Waals surface area contributed by atoms with Crippen molar-refractivity contribution in [1.29, 1.82) is 0 Å². The predicted octanol–water partition coefficient (Wildman–Crippen LogP) is 0.949. The first-order valence-electron chi connectivity index (χ1n) is 3.77. The molecule has 0 atom stereocenters. The van der Waals surface area contributed by atoms with Gasteiger partial charge in [-0.05, 0) is 35.4 Å². The molecule has 1 fully saturated rings. The summed E-state index contributed by atoms with van der Waals surface area (Å²) in [6.07, 6.45) is 3.93. The molecule has 5 heteroatoms. The summed E-state index contributed by atoms with van der Waals surface area (Å²) in [5.74, 6) is 0.586. The molecule has 0 spiro atoms. The number of nitrogens with one attached hydrogen (secondary N) is 2. The van der Waals surface area contributed by atoms with E-state index in [1.165, 1.54) is 12.8 Å². The number of aromatic nitrogens is 2. The zero-order chi connectivity index (χ0) is 8.55. The molecular weight excluding hydrogens is 269 g/mol. The summed E-state index contributed by atoms with van der Waals surface area (Å²) in [7, 11) is 0. The van der Waals surface area contributed by atoms with Gasteiger partial charge in [-0.15, -0.1) is 0 Å². The largest absolute Gasteiger partial charge is 0.353 e. The fraction of sp³-hybridized carbons (Fsp3) is 0.429. The molecule has 1 aromatic rings. The molecule has 4 nitrogen and oxygen atoms in total. The average Bonchev–Trinajstić information content (AvgIpc) is 2.81. The molecule has 12 heavy (non-hydrogen) atoms. The van der Waals surface area contributed by atoms with E-state index in [0.29, 0.717) is 15.6 Å². The zero-order valence-electron chi connectivity index (χ0n) is 6.30. The van der Waals surface area contributed by atoms with Crippen molar-refractivity contribution in [3.8, 4) is 0 Å². The number of rotatable bonds is 2. The van der Waals surface area contributed by atoms with Crippen LogP contribution in [0.1, 0.15) is 12.8 Å². The Hall–Kier alpha value is -0.590. The summed E-state index contributed by atoms with van der Waals surface area (Å²) in [5.41, 5.74) is -0.0752. The minimum atomic E-state index is -0.0752. The Kier molecular flexibility index (Phi) is 2.03. The minimum Gasteiger partial charge on any atom is -0.353 e. The van der Waals surface area contributed by atoms with Crippen molar-refractivity contribution in [3.05, 3.63) is 20.1 Å². The summed E-state index contributed by atoms with van der Waals surface area (Å²) >= 11 is 1.96. The third-order valence-electron chi connectivity index (χ3n) is 1.67. The van der Waals surface area contributed by atoms with E-state index in [1.807, 2.05) is 22.6 Å². The van der Waals surface area contributed by atoms with Crippen molar-refractivity contribution in [3.63, 3.8) is 0 Å². The van der Waals surface area contributed by atoms with Gasteiger partial charge in [0.1, 0.15) is 0 Å². The fourth-order valence-corrected chi connectivity index (χ4v) is 1.15. The summed E-state index contributed by atoms with van der Waals surface area (Å²) < 4.78 is 0.619. The Labute approximate surface area is 82.9 Å². The molecule has 1 aromatic heterocycles. The third kappa shape index (κ3) is 1.77. The Morgan fingerprint density at radius 2 is 2.42 bits per heavy atom. The number of hydrogen-bond donors (Lipinski definition) is 2. The molecule has 1 aliphatic carbocycles. The maximum Gasteiger partial charge on any atom is 0.265 e. The number of nitrogens with zero attached hydrogens (tertiary/aromatic N) is 1. The van der Waals surface area contributed by atoms with Gasteiger partial charge in [0.2, 0.25) is 5.95 Å². The minimum absolute atomic E-state index is 0.0752. The van der Waals surface area contributed by atoms with Gasteiger partial charge in [0.25, 0.3) is 5.56 Å². The molecule has 0 radical (unpaired) electrons. The Balaban J connectivity index is 2.21. The second-order valence-electron chi connectivity index (χ2n) is 2.83. The van der Waals surface area contributed by atoms with Gasteiger partial charge in [-0.1, -0.05) is 0 Å². The van der Waals surface area contributed by atoms with Crippen molar-refractivity contribution in [2.75, 3.05) is 5.32 Å². The number of hydrogen-bond acceptors (Lipinski definition) is 3. The number of H-pyrrole nitrogens is 1. The van der Waals surface area contributed by atoms with Crippen LogP contribution >= 0.6 is 22.6 Å². The van der Waals surface area contributed by atoms with Crippen LogP contribution in [0.15, 0.2) is 11.0 Å². The first-order chi connectivity index (χ1) is 5.75. The summed E-state index contributed by atoms with van der Waals surface area (Å²) in [5, 5.41) is 3.11. The molecule has 0 bridgehead atoms. The summed E-state index contributed by atoms with van der Waals surface area (Å²) in [6.45, 7) is 0. The second kappa shape index (κ2) is 3.04. The average molecular weight is 277 g/mol. The molecule has 0 saturated heterocycles. The molecule has 1 saturated carbocycles. The molecule has 2 N–H and O–H groups in total. The van der Waals surface area contributed by atoms with Crippen LogP contribution in [0.4, 0.5) is 5.95 Å². The van der Waals surface area contributed by atoms with Gasteiger partial charge < -0.3 is 5.32 Å². The lowest BCUT2D eigenvalue weighted by Crippen LogP contribution is -2.15. The van der Waals surface area contributed by atoms with Gasteiger partial charge in [0, 0.05) is 12.2 Å². The highest BCUT2D eigenvalue weighted by molar-refractivity contribution is 14.1. The standard InChI is InChI=1S/C7H8IN3O/c8-5-3-9-7(11-6(5)12)10-4-1-2-4/h3-4H,1-2H2,(H2,9,10,11,12). The van der Waals surface area contributed by atoms with E-state index in [0.717, 1.165) is 0 Å². The highest BCUT2D eigenvalue weighted by Crippen LogP contribution is 2.22. The van der Waals surface area contributed by atoms with Crippen LogP contribution in [-0.2, 0) is 0 Å².